The summed E-state index contributed by atoms with van der Waals surface area (Å²) in [6.45, 7) is 8.65. The van der Waals surface area contributed by atoms with Gasteiger partial charge < -0.3 is 9.84 Å². The van der Waals surface area contributed by atoms with E-state index in [4.69, 9.17) is 15.1 Å². The molecule has 0 spiro atoms. The van der Waals surface area contributed by atoms with E-state index in [2.05, 4.69) is 17.9 Å². The van der Waals surface area contributed by atoms with Crippen LogP contribution in [-0.4, -0.2) is 48.5 Å². The molecule has 1 aliphatic rings. The number of morpholine rings is 1. The highest BCUT2D eigenvalue weighted by molar-refractivity contribution is 4.91. The second kappa shape index (κ2) is 6.34. The van der Waals surface area contributed by atoms with Gasteiger partial charge in [0.05, 0.1) is 30.8 Å². The molecule has 2 unspecified atom stereocenters. The number of ether oxygens (including phenoxy) is 1. The third kappa shape index (κ3) is 4.63. The highest BCUT2D eigenvalue weighted by atomic mass is 16.5. The quantitative estimate of drug-likeness (QED) is 0.789. The normalized spacial score (nSPS) is 26.8. The molecule has 1 heterocycles. The van der Waals surface area contributed by atoms with Gasteiger partial charge in [-0.2, -0.15) is 5.26 Å². The van der Waals surface area contributed by atoms with Crippen molar-refractivity contribution in [1.82, 2.24) is 4.90 Å². The van der Waals surface area contributed by atoms with E-state index in [1.54, 1.807) is 0 Å². The largest absolute Gasteiger partial charge is 0.394 e. The van der Waals surface area contributed by atoms with Crippen LogP contribution in [-0.2, 0) is 4.74 Å². The summed E-state index contributed by atoms with van der Waals surface area (Å²) in [4.78, 5) is 2.35. The lowest BCUT2D eigenvalue weighted by Crippen LogP contribution is -2.49. The third-order valence-electron chi connectivity index (χ3n) is 3.39. The van der Waals surface area contributed by atoms with Gasteiger partial charge >= 0.3 is 0 Å². The van der Waals surface area contributed by atoms with Crippen molar-refractivity contribution in [2.75, 3.05) is 26.3 Å². The van der Waals surface area contributed by atoms with Gasteiger partial charge in [-0.3, -0.25) is 4.90 Å². The molecule has 0 bridgehead atoms. The van der Waals surface area contributed by atoms with Gasteiger partial charge in [-0.1, -0.05) is 0 Å². The van der Waals surface area contributed by atoms with Crippen LogP contribution < -0.4 is 0 Å². The lowest BCUT2D eigenvalue weighted by Gasteiger charge is -2.37. The number of nitriles is 1. The Balaban J connectivity index is 2.32. The lowest BCUT2D eigenvalue weighted by molar-refractivity contribution is -0.0782. The Hall–Kier alpha value is -0.630. The molecule has 1 rings (SSSR count). The van der Waals surface area contributed by atoms with Crippen LogP contribution in [0.5, 0.6) is 0 Å². The molecule has 1 aliphatic heterocycles. The molecule has 17 heavy (non-hydrogen) atoms. The van der Waals surface area contributed by atoms with Crippen molar-refractivity contribution in [2.45, 2.75) is 45.8 Å². The summed E-state index contributed by atoms with van der Waals surface area (Å²) in [5.41, 5.74) is -0.230. The predicted octanol–water partition coefficient (Wildman–Crippen LogP) is 1.40. The summed E-state index contributed by atoms with van der Waals surface area (Å²) >= 11 is 0. The molecule has 0 amide bonds. The summed E-state index contributed by atoms with van der Waals surface area (Å²) in [5, 5.41) is 18.0. The molecular weight excluding hydrogens is 216 g/mol. The van der Waals surface area contributed by atoms with Gasteiger partial charge in [-0.25, -0.2) is 0 Å². The first-order chi connectivity index (χ1) is 7.98. The Morgan fingerprint density at radius 3 is 2.82 bits per heavy atom. The van der Waals surface area contributed by atoms with Gasteiger partial charge in [-0.15, -0.1) is 0 Å². The standard InChI is InChI=1S/C13H24N2O2/c1-11-9-17-12(8-16)7-15(11)6-4-5-13(2,3)10-14/h11-12,16H,4-9H2,1-3H3. The van der Waals surface area contributed by atoms with E-state index in [1.807, 2.05) is 13.8 Å². The molecule has 4 heteroatoms. The minimum atomic E-state index is -0.230. The summed E-state index contributed by atoms with van der Waals surface area (Å²) in [7, 11) is 0. The minimum absolute atomic E-state index is 0.0461. The fourth-order valence-corrected chi connectivity index (χ4v) is 2.08. The van der Waals surface area contributed by atoms with Crippen LogP contribution >= 0.6 is 0 Å². The van der Waals surface area contributed by atoms with E-state index < -0.39 is 0 Å². The Bertz CT molecular complexity index is 273. The van der Waals surface area contributed by atoms with Crippen molar-refractivity contribution in [1.29, 1.82) is 5.26 Å². The maximum absolute atomic E-state index is 9.09. The zero-order chi connectivity index (χ0) is 12.9. The summed E-state index contributed by atoms with van der Waals surface area (Å²) in [6, 6.07) is 2.73. The zero-order valence-electron chi connectivity index (χ0n) is 11.1. The number of aliphatic hydroxyl groups excluding tert-OH is 1. The van der Waals surface area contributed by atoms with Gasteiger partial charge in [0.25, 0.3) is 0 Å². The van der Waals surface area contributed by atoms with Crippen molar-refractivity contribution in [2.24, 2.45) is 5.41 Å². The molecule has 1 saturated heterocycles. The highest BCUT2D eigenvalue weighted by Crippen LogP contribution is 2.21. The van der Waals surface area contributed by atoms with Crippen LogP contribution in [0.2, 0.25) is 0 Å². The Morgan fingerprint density at radius 2 is 2.24 bits per heavy atom. The van der Waals surface area contributed by atoms with Crippen LogP contribution in [0.15, 0.2) is 0 Å². The van der Waals surface area contributed by atoms with E-state index in [1.165, 1.54) is 0 Å². The number of hydrogen-bond donors (Lipinski definition) is 1. The molecule has 98 valence electrons. The van der Waals surface area contributed by atoms with Crippen LogP contribution in [0.3, 0.4) is 0 Å². The maximum Gasteiger partial charge on any atom is 0.0933 e. The van der Waals surface area contributed by atoms with Crippen molar-refractivity contribution < 1.29 is 9.84 Å². The number of nitrogens with zero attached hydrogens (tertiary/aromatic N) is 2. The topological polar surface area (TPSA) is 56.5 Å². The SMILES string of the molecule is CC1COC(CO)CN1CCCC(C)(C)C#N. The average Bonchev–Trinajstić information content (AvgIpc) is 2.31. The lowest BCUT2D eigenvalue weighted by atomic mass is 9.89. The molecular formula is C13H24N2O2. The molecule has 1 fully saturated rings. The van der Waals surface area contributed by atoms with Crippen molar-refractivity contribution in [3.8, 4) is 6.07 Å². The second-order valence-electron chi connectivity index (χ2n) is 5.58. The molecule has 2 atom stereocenters. The van der Waals surface area contributed by atoms with E-state index in [-0.39, 0.29) is 18.1 Å². The number of aliphatic hydroxyl groups is 1. The van der Waals surface area contributed by atoms with E-state index >= 15 is 0 Å². The van der Waals surface area contributed by atoms with Crippen LogP contribution in [0.4, 0.5) is 0 Å². The third-order valence-corrected chi connectivity index (χ3v) is 3.39. The summed E-state index contributed by atoms with van der Waals surface area (Å²) in [6.07, 6.45) is 1.88. The highest BCUT2D eigenvalue weighted by Gasteiger charge is 2.25. The summed E-state index contributed by atoms with van der Waals surface area (Å²) in [5.74, 6) is 0. The molecule has 0 aromatic carbocycles. The first kappa shape index (κ1) is 14.4. The second-order valence-corrected chi connectivity index (χ2v) is 5.58. The summed E-state index contributed by atoms with van der Waals surface area (Å²) < 4.78 is 5.49. The van der Waals surface area contributed by atoms with Crippen molar-refractivity contribution >= 4 is 0 Å². The minimum Gasteiger partial charge on any atom is -0.394 e. The van der Waals surface area contributed by atoms with Gasteiger partial charge in [0, 0.05) is 12.6 Å². The van der Waals surface area contributed by atoms with Crippen LogP contribution in [0.1, 0.15) is 33.6 Å². The molecule has 1 N–H and O–H groups in total. The van der Waals surface area contributed by atoms with Crippen LogP contribution in [0.25, 0.3) is 0 Å². The fourth-order valence-electron chi connectivity index (χ4n) is 2.08. The molecule has 0 aliphatic carbocycles. The number of hydrogen-bond acceptors (Lipinski definition) is 4. The smallest absolute Gasteiger partial charge is 0.0933 e. The Labute approximate surface area is 104 Å². The van der Waals surface area contributed by atoms with Crippen molar-refractivity contribution in [3.63, 3.8) is 0 Å². The van der Waals surface area contributed by atoms with E-state index in [0.29, 0.717) is 12.6 Å². The van der Waals surface area contributed by atoms with Crippen LogP contribution in [0, 0.1) is 16.7 Å². The van der Waals surface area contributed by atoms with Gasteiger partial charge in [-0.05, 0) is 40.2 Å². The zero-order valence-corrected chi connectivity index (χ0v) is 11.1. The van der Waals surface area contributed by atoms with Gasteiger partial charge in [0.2, 0.25) is 0 Å². The Morgan fingerprint density at radius 1 is 1.53 bits per heavy atom. The molecule has 4 nitrogen and oxygen atoms in total. The van der Waals surface area contributed by atoms with E-state index in [0.717, 1.165) is 25.9 Å². The monoisotopic (exact) mass is 240 g/mol. The molecule has 0 saturated carbocycles. The average molecular weight is 240 g/mol. The molecule has 0 aromatic rings. The molecule has 0 aromatic heterocycles. The maximum atomic E-state index is 9.09. The fraction of sp³-hybridized carbons (Fsp3) is 0.923. The number of rotatable bonds is 5. The first-order valence-corrected chi connectivity index (χ1v) is 6.36. The Kier molecular flexibility index (Phi) is 5.38. The molecule has 0 radical (unpaired) electrons. The van der Waals surface area contributed by atoms with E-state index in [9.17, 15) is 0 Å². The first-order valence-electron chi connectivity index (χ1n) is 6.36. The van der Waals surface area contributed by atoms with Gasteiger partial charge in [0.1, 0.15) is 0 Å². The van der Waals surface area contributed by atoms with Gasteiger partial charge in [0.15, 0.2) is 0 Å². The predicted molar refractivity (Wildman–Crippen MR) is 66.5 cm³/mol. The van der Waals surface area contributed by atoms with Crippen molar-refractivity contribution in [3.05, 3.63) is 0 Å².